The zero-order valence-corrected chi connectivity index (χ0v) is 21.5. The van der Waals surface area contributed by atoms with Crippen LogP contribution < -0.4 is 5.32 Å². The number of hydrogen-bond acceptors (Lipinski definition) is 5. The van der Waals surface area contributed by atoms with Crippen molar-refractivity contribution in [3.8, 4) is 10.4 Å². The van der Waals surface area contributed by atoms with Crippen LogP contribution in [0, 0.1) is 12.8 Å². The zero-order chi connectivity index (χ0) is 25.1. The Hall–Kier alpha value is -2.97. The number of aryl methyl sites for hydroxylation is 1. The van der Waals surface area contributed by atoms with Gasteiger partial charge in [-0.3, -0.25) is 14.3 Å². The second-order valence-corrected chi connectivity index (χ2v) is 10.5. The third-order valence-electron chi connectivity index (χ3n) is 6.72. The van der Waals surface area contributed by atoms with Gasteiger partial charge in [-0.25, -0.2) is 0 Å². The number of aliphatic hydroxyl groups is 1. The van der Waals surface area contributed by atoms with E-state index in [1.54, 1.807) is 34.5 Å². The molecule has 1 aliphatic heterocycles. The largest absolute Gasteiger partial charge is 0.391 e. The number of thiophene rings is 1. The summed E-state index contributed by atoms with van der Waals surface area (Å²) in [5, 5.41) is 19.9. The SMILES string of the molecule is CC[C@H](NC(=O)[C@@H]1C[C@@H](O)CN1C(=O)[C@H](C(C)C)n1cccn1)c1ccc(-c2sccc2C)cc1. The first-order chi connectivity index (χ1) is 16.8. The van der Waals surface area contributed by atoms with E-state index in [-0.39, 0.29) is 36.7 Å². The van der Waals surface area contributed by atoms with E-state index in [2.05, 4.69) is 53.1 Å². The molecule has 0 spiro atoms. The van der Waals surface area contributed by atoms with E-state index in [0.29, 0.717) is 6.42 Å². The average molecular weight is 495 g/mol. The molecule has 1 saturated heterocycles. The van der Waals surface area contributed by atoms with Crippen molar-refractivity contribution in [2.45, 2.75) is 64.8 Å². The van der Waals surface area contributed by atoms with Gasteiger partial charge < -0.3 is 15.3 Å². The molecule has 1 aromatic carbocycles. The Morgan fingerprint density at radius 1 is 1.23 bits per heavy atom. The maximum atomic E-state index is 13.5. The lowest BCUT2D eigenvalue weighted by Gasteiger charge is -2.31. The van der Waals surface area contributed by atoms with Crippen molar-refractivity contribution in [1.82, 2.24) is 20.0 Å². The molecule has 0 bridgehead atoms. The van der Waals surface area contributed by atoms with Gasteiger partial charge in [0.15, 0.2) is 0 Å². The van der Waals surface area contributed by atoms with Gasteiger partial charge in [-0.1, -0.05) is 45.0 Å². The number of amides is 2. The van der Waals surface area contributed by atoms with Crippen molar-refractivity contribution in [1.29, 1.82) is 0 Å². The van der Waals surface area contributed by atoms with E-state index >= 15 is 0 Å². The molecule has 0 aliphatic carbocycles. The lowest BCUT2D eigenvalue weighted by atomic mass is 10.0. The molecule has 186 valence electrons. The van der Waals surface area contributed by atoms with Crippen molar-refractivity contribution in [3.63, 3.8) is 0 Å². The van der Waals surface area contributed by atoms with Gasteiger partial charge in [0.25, 0.3) is 0 Å². The summed E-state index contributed by atoms with van der Waals surface area (Å²) in [7, 11) is 0. The number of aliphatic hydroxyl groups excluding tert-OH is 1. The highest BCUT2D eigenvalue weighted by molar-refractivity contribution is 7.13. The summed E-state index contributed by atoms with van der Waals surface area (Å²) in [6.07, 6.45) is 3.62. The summed E-state index contributed by atoms with van der Waals surface area (Å²) < 4.78 is 1.64. The highest BCUT2D eigenvalue weighted by atomic mass is 32.1. The third-order valence-corrected chi connectivity index (χ3v) is 7.79. The smallest absolute Gasteiger partial charge is 0.248 e. The number of carbonyl (C=O) groups is 2. The molecule has 2 N–H and O–H groups in total. The number of hydrogen-bond donors (Lipinski definition) is 2. The predicted octanol–water partition coefficient (Wildman–Crippen LogP) is 4.35. The molecule has 0 radical (unpaired) electrons. The number of benzene rings is 1. The number of nitrogens with zero attached hydrogens (tertiary/aromatic N) is 3. The second-order valence-electron chi connectivity index (χ2n) is 9.60. The fraction of sp³-hybridized carbons (Fsp3) is 0.444. The lowest BCUT2D eigenvalue weighted by Crippen LogP contribution is -2.49. The first-order valence-electron chi connectivity index (χ1n) is 12.2. The number of carbonyl (C=O) groups excluding carboxylic acids is 2. The van der Waals surface area contributed by atoms with Crippen LogP contribution in [0.5, 0.6) is 0 Å². The summed E-state index contributed by atoms with van der Waals surface area (Å²) in [5.74, 6) is -0.440. The molecule has 2 aromatic heterocycles. The maximum Gasteiger partial charge on any atom is 0.248 e. The van der Waals surface area contributed by atoms with Gasteiger partial charge in [0.2, 0.25) is 11.8 Å². The first-order valence-corrected chi connectivity index (χ1v) is 13.1. The van der Waals surface area contributed by atoms with Gasteiger partial charge in [-0.15, -0.1) is 11.3 Å². The molecule has 1 fully saturated rings. The van der Waals surface area contributed by atoms with Crippen LogP contribution in [0.15, 0.2) is 54.2 Å². The Labute approximate surface area is 210 Å². The van der Waals surface area contributed by atoms with Gasteiger partial charge in [-0.2, -0.15) is 5.10 Å². The van der Waals surface area contributed by atoms with E-state index in [1.165, 1.54) is 15.3 Å². The Morgan fingerprint density at radius 3 is 2.54 bits per heavy atom. The van der Waals surface area contributed by atoms with E-state index in [9.17, 15) is 14.7 Å². The fourth-order valence-corrected chi connectivity index (χ4v) is 5.78. The molecule has 4 atom stereocenters. The minimum atomic E-state index is -0.728. The van der Waals surface area contributed by atoms with Crippen LogP contribution in [0.25, 0.3) is 10.4 Å². The molecule has 3 heterocycles. The monoisotopic (exact) mass is 494 g/mol. The second kappa shape index (κ2) is 10.7. The molecule has 7 nitrogen and oxygen atoms in total. The van der Waals surface area contributed by atoms with E-state index in [4.69, 9.17) is 0 Å². The minimum absolute atomic E-state index is 0.0160. The summed E-state index contributed by atoms with van der Waals surface area (Å²) in [5.41, 5.74) is 3.44. The van der Waals surface area contributed by atoms with Crippen LogP contribution in [0.3, 0.4) is 0 Å². The molecule has 3 aromatic rings. The van der Waals surface area contributed by atoms with Gasteiger partial charge in [0.05, 0.1) is 12.1 Å². The van der Waals surface area contributed by atoms with Crippen LogP contribution in [0.4, 0.5) is 0 Å². The quantitative estimate of drug-likeness (QED) is 0.488. The topological polar surface area (TPSA) is 87.5 Å². The Balaban J connectivity index is 1.50. The Kier molecular flexibility index (Phi) is 7.72. The van der Waals surface area contributed by atoms with E-state index in [0.717, 1.165) is 11.1 Å². The number of likely N-dealkylation sites (tertiary alicyclic amines) is 1. The normalized spacial score (nSPS) is 19.7. The predicted molar refractivity (Wildman–Crippen MR) is 138 cm³/mol. The highest BCUT2D eigenvalue weighted by Crippen LogP contribution is 2.31. The molecule has 4 rings (SSSR count). The Bertz CT molecular complexity index is 1140. The first kappa shape index (κ1) is 25.1. The molecular formula is C27H34N4O3S. The fourth-order valence-electron chi connectivity index (χ4n) is 4.85. The van der Waals surface area contributed by atoms with Crippen LogP contribution >= 0.6 is 11.3 Å². The summed E-state index contributed by atoms with van der Waals surface area (Å²) in [6.45, 7) is 8.20. The van der Waals surface area contributed by atoms with Crippen LogP contribution in [0.2, 0.25) is 0 Å². The summed E-state index contributed by atoms with van der Waals surface area (Å²) in [6, 6.07) is 10.8. The van der Waals surface area contributed by atoms with Crippen LogP contribution in [0.1, 0.15) is 56.8 Å². The van der Waals surface area contributed by atoms with Crippen LogP contribution in [-0.2, 0) is 9.59 Å². The van der Waals surface area contributed by atoms with Crippen LogP contribution in [-0.4, -0.2) is 50.3 Å². The molecule has 0 saturated carbocycles. The van der Waals surface area contributed by atoms with Crippen molar-refractivity contribution in [3.05, 3.63) is 65.3 Å². The number of β-amino-alcohol motifs (C(OH)–C–C–N with tert-alkyl or cyclic N) is 1. The summed E-state index contributed by atoms with van der Waals surface area (Å²) in [4.78, 5) is 29.7. The van der Waals surface area contributed by atoms with Gasteiger partial charge in [-0.05, 0) is 53.5 Å². The average Bonchev–Trinajstić information content (AvgIpc) is 3.59. The number of rotatable bonds is 8. The van der Waals surface area contributed by atoms with Crippen molar-refractivity contribution in [2.75, 3.05) is 6.54 Å². The number of nitrogens with one attached hydrogen (secondary N) is 1. The molecule has 0 unspecified atom stereocenters. The van der Waals surface area contributed by atoms with Gasteiger partial charge in [0, 0.05) is 30.2 Å². The summed E-state index contributed by atoms with van der Waals surface area (Å²) >= 11 is 1.72. The highest BCUT2D eigenvalue weighted by Gasteiger charge is 2.42. The van der Waals surface area contributed by atoms with Crippen molar-refractivity contribution < 1.29 is 14.7 Å². The Morgan fingerprint density at radius 2 is 1.97 bits per heavy atom. The zero-order valence-electron chi connectivity index (χ0n) is 20.7. The number of aromatic nitrogens is 2. The maximum absolute atomic E-state index is 13.5. The van der Waals surface area contributed by atoms with Gasteiger partial charge in [0.1, 0.15) is 12.1 Å². The molecule has 1 aliphatic rings. The molecule has 8 heteroatoms. The lowest BCUT2D eigenvalue weighted by molar-refractivity contribution is -0.142. The standard InChI is InChI=1S/C27H34N4O3S/c1-5-22(19-7-9-20(10-8-19)25-18(4)11-14-35-25)29-26(33)23-15-21(32)16-30(23)27(34)24(17(2)3)31-13-6-12-28-31/h6-14,17,21-24,32H,5,15-16H2,1-4H3,(H,29,33)/t21-,22+,23+,24+/m1/s1. The van der Waals surface area contributed by atoms with Crippen molar-refractivity contribution >= 4 is 23.2 Å². The van der Waals surface area contributed by atoms with E-state index in [1.807, 2.05) is 20.8 Å². The van der Waals surface area contributed by atoms with Gasteiger partial charge >= 0.3 is 0 Å². The minimum Gasteiger partial charge on any atom is -0.391 e. The van der Waals surface area contributed by atoms with Crippen molar-refractivity contribution in [2.24, 2.45) is 5.92 Å². The molecular weight excluding hydrogens is 460 g/mol. The molecule has 35 heavy (non-hydrogen) atoms. The molecule has 2 amide bonds. The van der Waals surface area contributed by atoms with E-state index < -0.39 is 18.2 Å². The third kappa shape index (κ3) is 5.33.